The average molecular weight is 289 g/mol. The zero-order valence-electron chi connectivity index (χ0n) is 12.6. The molecule has 21 heavy (non-hydrogen) atoms. The van der Waals surface area contributed by atoms with E-state index in [1.165, 1.54) is 25.3 Å². The molecule has 0 spiro atoms. The van der Waals surface area contributed by atoms with E-state index < -0.39 is 0 Å². The van der Waals surface area contributed by atoms with Crippen molar-refractivity contribution in [3.63, 3.8) is 0 Å². The lowest BCUT2D eigenvalue weighted by atomic mass is 9.95. The first-order chi connectivity index (χ1) is 10.1. The number of ether oxygens (including phenoxy) is 1. The molecule has 114 valence electrons. The summed E-state index contributed by atoms with van der Waals surface area (Å²) in [5.41, 5.74) is 1.20. The van der Waals surface area contributed by atoms with Crippen LogP contribution in [0.4, 0.5) is 0 Å². The molecular formula is C17H23NO3. The van der Waals surface area contributed by atoms with Crippen molar-refractivity contribution in [2.45, 2.75) is 58.0 Å². The number of nitrogens with zero attached hydrogens (tertiary/aromatic N) is 1. The van der Waals surface area contributed by atoms with E-state index in [9.17, 15) is 9.59 Å². The van der Waals surface area contributed by atoms with Crippen LogP contribution in [0.25, 0.3) is 0 Å². The quantitative estimate of drug-likeness (QED) is 0.571. The third kappa shape index (κ3) is 5.29. The second kappa shape index (κ2) is 7.91. The number of carbonyl (C=O) groups excluding carboxylic acids is 2. The van der Waals surface area contributed by atoms with Crippen molar-refractivity contribution in [3.05, 3.63) is 30.1 Å². The largest absolute Gasteiger partial charge is 0.462 e. The van der Waals surface area contributed by atoms with Crippen molar-refractivity contribution < 1.29 is 14.3 Å². The number of pyridine rings is 1. The Labute approximate surface area is 125 Å². The van der Waals surface area contributed by atoms with Crippen LogP contribution in [0.1, 0.15) is 51.0 Å². The molecule has 1 atom stereocenters. The monoisotopic (exact) mass is 289 g/mol. The molecule has 1 aliphatic rings. The van der Waals surface area contributed by atoms with Crippen LogP contribution in [0.3, 0.4) is 0 Å². The van der Waals surface area contributed by atoms with Crippen molar-refractivity contribution in [1.82, 2.24) is 4.98 Å². The molecule has 0 bridgehead atoms. The SMILES string of the molecule is CC(=O)CC(=O)OC(CCc1ccncc1)C1CCCC1. The fourth-order valence-electron chi connectivity index (χ4n) is 2.99. The highest BCUT2D eigenvalue weighted by molar-refractivity contribution is 5.94. The standard InChI is InChI=1S/C17H23NO3/c1-13(19)12-17(20)21-16(15-4-2-3-5-15)7-6-14-8-10-18-11-9-14/h8-11,15-16H,2-7,12H2,1H3. The first kappa shape index (κ1) is 15.7. The van der Waals surface area contributed by atoms with Gasteiger partial charge in [-0.3, -0.25) is 14.6 Å². The van der Waals surface area contributed by atoms with E-state index in [0.717, 1.165) is 25.7 Å². The van der Waals surface area contributed by atoms with Crippen molar-refractivity contribution >= 4 is 11.8 Å². The molecule has 0 radical (unpaired) electrons. The first-order valence-electron chi connectivity index (χ1n) is 7.73. The third-order valence-corrected chi connectivity index (χ3v) is 4.07. The molecule has 0 saturated heterocycles. The van der Waals surface area contributed by atoms with Crippen molar-refractivity contribution in [2.24, 2.45) is 5.92 Å². The van der Waals surface area contributed by atoms with Gasteiger partial charge in [-0.15, -0.1) is 0 Å². The van der Waals surface area contributed by atoms with E-state index in [0.29, 0.717) is 5.92 Å². The summed E-state index contributed by atoms with van der Waals surface area (Å²) in [4.78, 5) is 26.8. The van der Waals surface area contributed by atoms with E-state index >= 15 is 0 Å². The predicted molar refractivity (Wildman–Crippen MR) is 79.7 cm³/mol. The number of hydrogen-bond donors (Lipinski definition) is 0. The van der Waals surface area contributed by atoms with Crippen LogP contribution in [0.15, 0.2) is 24.5 Å². The molecule has 0 aliphatic heterocycles. The first-order valence-corrected chi connectivity index (χ1v) is 7.73. The lowest BCUT2D eigenvalue weighted by Gasteiger charge is -2.23. The van der Waals surface area contributed by atoms with E-state index in [2.05, 4.69) is 4.98 Å². The zero-order chi connectivity index (χ0) is 15.1. The maximum Gasteiger partial charge on any atom is 0.313 e. The van der Waals surface area contributed by atoms with Gasteiger partial charge in [-0.1, -0.05) is 12.8 Å². The summed E-state index contributed by atoms with van der Waals surface area (Å²) in [5.74, 6) is -0.0730. The number of aryl methyl sites for hydroxylation is 1. The van der Waals surface area contributed by atoms with Gasteiger partial charge in [-0.2, -0.15) is 0 Å². The highest BCUT2D eigenvalue weighted by atomic mass is 16.5. The number of carbonyl (C=O) groups is 2. The van der Waals surface area contributed by atoms with Gasteiger partial charge in [0.2, 0.25) is 0 Å². The number of esters is 1. The van der Waals surface area contributed by atoms with Crippen LogP contribution in [-0.4, -0.2) is 22.8 Å². The molecule has 1 unspecified atom stereocenters. The normalized spacial score (nSPS) is 16.6. The molecule has 1 saturated carbocycles. The highest BCUT2D eigenvalue weighted by Gasteiger charge is 2.28. The number of aromatic nitrogens is 1. The fraction of sp³-hybridized carbons (Fsp3) is 0.588. The second-order valence-corrected chi connectivity index (χ2v) is 5.85. The van der Waals surface area contributed by atoms with E-state index in [4.69, 9.17) is 4.74 Å². The molecule has 1 heterocycles. The minimum absolute atomic E-state index is 0.0625. The minimum atomic E-state index is -0.380. The number of Topliss-reactive ketones (excluding diaryl/α,β-unsaturated/α-hetero) is 1. The van der Waals surface area contributed by atoms with Crippen LogP contribution < -0.4 is 0 Å². The van der Waals surface area contributed by atoms with Crippen molar-refractivity contribution in [2.75, 3.05) is 0 Å². The maximum absolute atomic E-state index is 11.8. The van der Waals surface area contributed by atoms with Gasteiger partial charge in [-0.05, 0) is 56.2 Å². The summed E-state index contributed by atoms with van der Waals surface area (Å²) in [6.07, 6.45) is 9.73. The molecule has 1 aliphatic carbocycles. The Balaban J connectivity index is 1.92. The molecule has 0 N–H and O–H groups in total. The molecular weight excluding hydrogens is 266 g/mol. The summed E-state index contributed by atoms with van der Waals surface area (Å²) in [7, 11) is 0. The van der Waals surface area contributed by atoms with E-state index in [-0.39, 0.29) is 24.3 Å². The minimum Gasteiger partial charge on any atom is -0.462 e. The molecule has 1 aromatic heterocycles. The van der Waals surface area contributed by atoms with Crippen LogP contribution in [-0.2, 0) is 20.7 Å². The Bertz CT molecular complexity index is 466. The van der Waals surface area contributed by atoms with Gasteiger partial charge < -0.3 is 4.74 Å². The van der Waals surface area contributed by atoms with Crippen LogP contribution in [0.2, 0.25) is 0 Å². The van der Waals surface area contributed by atoms with Crippen molar-refractivity contribution in [3.8, 4) is 0 Å². The van der Waals surface area contributed by atoms with Gasteiger partial charge in [0.25, 0.3) is 0 Å². The maximum atomic E-state index is 11.8. The lowest BCUT2D eigenvalue weighted by molar-refractivity contribution is -0.153. The smallest absolute Gasteiger partial charge is 0.313 e. The lowest BCUT2D eigenvalue weighted by Crippen LogP contribution is -2.27. The Hall–Kier alpha value is -1.71. The molecule has 0 amide bonds. The number of ketones is 1. The summed E-state index contributed by atoms with van der Waals surface area (Å²) in [6, 6.07) is 3.98. The molecule has 2 rings (SSSR count). The van der Waals surface area contributed by atoms with Gasteiger partial charge in [-0.25, -0.2) is 0 Å². The summed E-state index contributed by atoms with van der Waals surface area (Å²) in [6.45, 7) is 1.42. The Kier molecular flexibility index (Phi) is 5.90. The van der Waals surface area contributed by atoms with Gasteiger partial charge in [0.15, 0.2) is 0 Å². The highest BCUT2D eigenvalue weighted by Crippen LogP contribution is 2.31. The van der Waals surface area contributed by atoms with Gasteiger partial charge in [0.1, 0.15) is 18.3 Å². The second-order valence-electron chi connectivity index (χ2n) is 5.85. The third-order valence-electron chi connectivity index (χ3n) is 4.07. The predicted octanol–water partition coefficient (Wildman–Crippen LogP) is 3.10. The van der Waals surface area contributed by atoms with Gasteiger partial charge in [0.05, 0.1) is 0 Å². The Morgan fingerprint density at radius 1 is 1.29 bits per heavy atom. The summed E-state index contributed by atoms with van der Waals surface area (Å²) >= 11 is 0. The van der Waals surface area contributed by atoms with Crippen molar-refractivity contribution in [1.29, 1.82) is 0 Å². The average Bonchev–Trinajstić information content (AvgIpc) is 2.97. The van der Waals surface area contributed by atoms with E-state index in [1.54, 1.807) is 12.4 Å². The molecule has 4 nitrogen and oxygen atoms in total. The van der Waals surface area contributed by atoms with Gasteiger partial charge >= 0.3 is 5.97 Å². The fourth-order valence-corrected chi connectivity index (χ4v) is 2.99. The number of hydrogen-bond acceptors (Lipinski definition) is 4. The van der Waals surface area contributed by atoms with Crippen LogP contribution in [0, 0.1) is 5.92 Å². The summed E-state index contributed by atoms with van der Waals surface area (Å²) in [5, 5.41) is 0. The Morgan fingerprint density at radius 3 is 2.57 bits per heavy atom. The van der Waals surface area contributed by atoms with E-state index in [1.807, 2.05) is 12.1 Å². The zero-order valence-corrected chi connectivity index (χ0v) is 12.6. The molecule has 0 aromatic carbocycles. The molecule has 4 heteroatoms. The van der Waals surface area contributed by atoms with Crippen LogP contribution in [0.5, 0.6) is 0 Å². The Morgan fingerprint density at radius 2 is 1.95 bits per heavy atom. The molecule has 1 aromatic rings. The topological polar surface area (TPSA) is 56.3 Å². The molecule has 1 fully saturated rings. The van der Waals surface area contributed by atoms with Crippen LogP contribution >= 0.6 is 0 Å². The van der Waals surface area contributed by atoms with Gasteiger partial charge in [0, 0.05) is 12.4 Å². The number of rotatable bonds is 7. The summed E-state index contributed by atoms with van der Waals surface area (Å²) < 4.78 is 5.59.